The Morgan fingerprint density at radius 3 is 2.73 bits per heavy atom. The molecule has 0 radical (unpaired) electrons. The highest BCUT2D eigenvalue weighted by Crippen LogP contribution is 2.41. The molecule has 1 unspecified atom stereocenters. The van der Waals surface area contributed by atoms with E-state index in [1.165, 1.54) is 10.4 Å². The number of nitrogens with zero attached hydrogens (tertiary/aromatic N) is 7. The normalized spacial score (nSPS) is 18.1. The predicted molar refractivity (Wildman–Crippen MR) is 162 cm³/mol. The summed E-state index contributed by atoms with van der Waals surface area (Å²) < 4.78 is 1.85. The zero-order chi connectivity index (χ0) is 27.8. The molecule has 40 heavy (non-hydrogen) atoms. The fourth-order valence-electron chi connectivity index (χ4n) is 6.23. The van der Waals surface area contributed by atoms with Crippen LogP contribution in [0.1, 0.15) is 29.7 Å². The number of fused-ring (bicyclic) bond motifs is 4. The zero-order valence-corrected chi connectivity index (χ0v) is 24.7. The third-order valence-corrected chi connectivity index (χ3v) is 9.74. The van der Waals surface area contributed by atoms with Crippen molar-refractivity contribution < 1.29 is 4.79 Å². The van der Waals surface area contributed by atoms with Crippen LogP contribution in [0, 0.1) is 5.92 Å². The van der Waals surface area contributed by atoms with E-state index in [0.29, 0.717) is 11.9 Å². The molecule has 4 aromatic rings. The summed E-state index contributed by atoms with van der Waals surface area (Å²) in [4.78, 5) is 31.9. The van der Waals surface area contributed by atoms with E-state index in [1.807, 2.05) is 29.9 Å². The number of rotatable bonds is 8. The van der Waals surface area contributed by atoms with Crippen molar-refractivity contribution >= 4 is 50.2 Å². The molecular weight excluding hydrogens is 522 g/mol. The van der Waals surface area contributed by atoms with Gasteiger partial charge < -0.3 is 25.3 Å². The van der Waals surface area contributed by atoms with Crippen molar-refractivity contribution in [3.63, 3.8) is 0 Å². The number of piperidine rings is 1. The van der Waals surface area contributed by atoms with Gasteiger partial charge in [-0.2, -0.15) is 5.10 Å². The molecular formula is C29H39N9OS. The lowest BCUT2D eigenvalue weighted by Gasteiger charge is -2.38. The maximum Gasteiger partial charge on any atom is 0.226 e. The number of carbonyl (C=O) groups excluding carboxylic acids is 1. The minimum Gasteiger partial charge on any atom is -0.385 e. The third kappa shape index (κ3) is 5.13. The van der Waals surface area contributed by atoms with E-state index < -0.39 is 0 Å². The van der Waals surface area contributed by atoms with E-state index in [4.69, 9.17) is 0 Å². The van der Waals surface area contributed by atoms with Gasteiger partial charge in [-0.25, -0.2) is 14.5 Å². The van der Waals surface area contributed by atoms with Gasteiger partial charge in [-0.3, -0.25) is 4.79 Å². The molecule has 212 valence electrons. The predicted octanol–water partition coefficient (Wildman–Crippen LogP) is 3.71. The zero-order valence-electron chi connectivity index (χ0n) is 23.9. The van der Waals surface area contributed by atoms with Crippen LogP contribution in [-0.4, -0.2) is 101 Å². The Balaban J connectivity index is 1.16. The molecule has 1 atom stereocenters. The van der Waals surface area contributed by atoms with Crippen molar-refractivity contribution in [2.24, 2.45) is 5.92 Å². The summed E-state index contributed by atoms with van der Waals surface area (Å²) >= 11 is 1.72. The average molecular weight is 562 g/mol. The summed E-state index contributed by atoms with van der Waals surface area (Å²) in [6.45, 7) is 3.85. The molecule has 0 aromatic carbocycles. The highest BCUT2D eigenvalue weighted by atomic mass is 32.1. The summed E-state index contributed by atoms with van der Waals surface area (Å²) in [5, 5.41) is 12.3. The molecule has 1 amide bonds. The van der Waals surface area contributed by atoms with Crippen LogP contribution in [0.5, 0.6) is 0 Å². The Morgan fingerprint density at radius 2 is 1.95 bits per heavy atom. The molecule has 1 aliphatic carbocycles. The van der Waals surface area contributed by atoms with Gasteiger partial charge in [0.1, 0.15) is 17.0 Å². The molecule has 6 rings (SSSR count). The largest absolute Gasteiger partial charge is 0.385 e. The second-order valence-electron chi connectivity index (χ2n) is 11.3. The molecule has 0 spiro atoms. The van der Waals surface area contributed by atoms with Gasteiger partial charge in [-0.05, 0) is 70.9 Å². The number of likely N-dealkylation sites (N-methyl/N-ethyl adjacent to an activating group) is 2. The monoisotopic (exact) mass is 561 g/mol. The van der Waals surface area contributed by atoms with Gasteiger partial charge in [-0.1, -0.05) is 0 Å². The average Bonchev–Trinajstić information content (AvgIpc) is 3.60. The first-order valence-corrected chi connectivity index (χ1v) is 15.0. The highest BCUT2D eigenvalue weighted by Gasteiger charge is 2.33. The second kappa shape index (κ2) is 11.3. The van der Waals surface area contributed by atoms with Gasteiger partial charge in [0.2, 0.25) is 5.91 Å². The fraction of sp³-hybridized carbons (Fsp3) is 0.517. The lowest BCUT2D eigenvalue weighted by atomic mass is 9.86. The maximum absolute atomic E-state index is 13.6. The Labute approximate surface area is 239 Å². The smallest absolute Gasteiger partial charge is 0.226 e. The van der Waals surface area contributed by atoms with Gasteiger partial charge in [0.25, 0.3) is 0 Å². The van der Waals surface area contributed by atoms with Gasteiger partial charge in [0.15, 0.2) is 0 Å². The lowest BCUT2D eigenvalue weighted by molar-refractivity contribution is -0.137. The SMILES string of the molecule is CNc1c(Nc2ncnc3sc4c(c23)CCC(C(=O)N2CCC(N(C)CCN(C)C)CC2)C4)ccn2nccc12. The van der Waals surface area contributed by atoms with Crippen molar-refractivity contribution in [3.8, 4) is 0 Å². The molecule has 4 aromatic heterocycles. The Bertz CT molecular complexity index is 1500. The van der Waals surface area contributed by atoms with Gasteiger partial charge >= 0.3 is 0 Å². The first-order chi connectivity index (χ1) is 19.4. The summed E-state index contributed by atoms with van der Waals surface area (Å²) in [6, 6.07) is 4.56. The van der Waals surface area contributed by atoms with Crippen molar-refractivity contribution in [1.82, 2.24) is 34.3 Å². The quantitative estimate of drug-likeness (QED) is 0.336. The van der Waals surface area contributed by atoms with E-state index in [2.05, 4.69) is 61.5 Å². The number of carbonyl (C=O) groups is 1. The first kappa shape index (κ1) is 26.9. The van der Waals surface area contributed by atoms with E-state index >= 15 is 0 Å². The van der Waals surface area contributed by atoms with Crippen LogP contribution in [0.15, 0.2) is 30.9 Å². The van der Waals surface area contributed by atoms with E-state index in [9.17, 15) is 4.79 Å². The molecule has 1 fully saturated rings. The highest BCUT2D eigenvalue weighted by molar-refractivity contribution is 7.19. The van der Waals surface area contributed by atoms with Crippen LogP contribution in [-0.2, 0) is 17.6 Å². The second-order valence-corrected chi connectivity index (χ2v) is 12.4. The van der Waals surface area contributed by atoms with E-state index in [0.717, 1.165) is 91.2 Å². The number of aromatic nitrogens is 4. The lowest BCUT2D eigenvalue weighted by Crippen LogP contribution is -2.48. The van der Waals surface area contributed by atoms with Crippen LogP contribution in [0.25, 0.3) is 15.7 Å². The molecule has 1 saturated heterocycles. The Morgan fingerprint density at radius 1 is 1.12 bits per heavy atom. The number of hydrogen-bond acceptors (Lipinski definition) is 9. The molecule has 5 heterocycles. The molecule has 0 bridgehead atoms. The number of likely N-dealkylation sites (tertiary alicyclic amines) is 1. The van der Waals surface area contributed by atoms with Crippen molar-refractivity contribution in [3.05, 3.63) is 41.3 Å². The van der Waals surface area contributed by atoms with Gasteiger partial charge in [0, 0.05) is 56.3 Å². The minimum atomic E-state index is 0.0492. The molecule has 2 N–H and O–H groups in total. The van der Waals surface area contributed by atoms with Crippen molar-refractivity contribution in [1.29, 1.82) is 0 Å². The number of amides is 1. The molecule has 2 aliphatic rings. The number of anilines is 3. The minimum absolute atomic E-state index is 0.0492. The number of thiophene rings is 1. The number of aryl methyl sites for hydroxylation is 1. The molecule has 11 heteroatoms. The number of pyridine rings is 1. The summed E-state index contributed by atoms with van der Waals surface area (Å²) in [7, 11) is 8.37. The van der Waals surface area contributed by atoms with Crippen LogP contribution < -0.4 is 10.6 Å². The van der Waals surface area contributed by atoms with Crippen LogP contribution in [0.4, 0.5) is 17.2 Å². The van der Waals surface area contributed by atoms with Crippen molar-refractivity contribution in [2.75, 3.05) is 65.0 Å². The summed E-state index contributed by atoms with van der Waals surface area (Å²) in [5.74, 6) is 1.19. The van der Waals surface area contributed by atoms with Gasteiger partial charge in [-0.15, -0.1) is 11.3 Å². The topological polar surface area (TPSA) is 93.9 Å². The summed E-state index contributed by atoms with van der Waals surface area (Å²) in [5.41, 5.74) is 4.20. The van der Waals surface area contributed by atoms with Crippen LogP contribution in [0.2, 0.25) is 0 Å². The summed E-state index contributed by atoms with van der Waals surface area (Å²) in [6.07, 6.45) is 10.0. The van der Waals surface area contributed by atoms with E-state index in [1.54, 1.807) is 23.9 Å². The first-order valence-electron chi connectivity index (χ1n) is 14.2. The Kier molecular flexibility index (Phi) is 7.61. The number of hydrogen-bond donors (Lipinski definition) is 2. The van der Waals surface area contributed by atoms with Crippen LogP contribution in [0.3, 0.4) is 0 Å². The maximum atomic E-state index is 13.6. The number of nitrogens with one attached hydrogen (secondary N) is 2. The molecule has 0 saturated carbocycles. The van der Waals surface area contributed by atoms with Crippen molar-refractivity contribution in [2.45, 2.75) is 38.1 Å². The molecule has 10 nitrogen and oxygen atoms in total. The Hall–Kier alpha value is -3.28. The molecule has 1 aliphatic heterocycles. The van der Waals surface area contributed by atoms with Crippen LogP contribution >= 0.6 is 11.3 Å². The third-order valence-electron chi connectivity index (χ3n) is 8.58. The fourth-order valence-corrected chi connectivity index (χ4v) is 7.50. The van der Waals surface area contributed by atoms with Gasteiger partial charge in [0.05, 0.1) is 28.5 Å². The standard InChI is InChI=1S/C29H39N9OS/c1-30-26-22(10-14-38-23(26)7-11-33-38)34-27-25-21-6-5-19(17-24(21)40-28(25)32-18-31-27)29(39)37-12-8-20(9-13-37)36(4)16-15-35(2)3/h7,10-11,14,18-20,30H,5-6,8-9,12-13,15-17H2,1-4H3,(H,31,32,34). The van der Waals surface area contributed by atoms with E-state index in [-0.39, 0.29) is 5.92 Å².